The summed E-state index contributed by atoms with van der Waals surface area (Å²) in [4.78, 5) is 4.99. The highest BCUT2D eigenvalue weighted by Gasteiger charge is 2.55. The molecule has 1 aromatic carbocycles. The Bertz CT molecular complexity index is 494. The second kappa shape index (κ2) is 4.72. The fraction of sp³-hybridized carbons (Fsp3) is 0.462. The van der Waals surface area contributed by atoms with E-state index in [1.165, 1.54) is 0 Å². The molecule has 96 valence electrons. The third kappa shape index (κ3) is 2.00. The lowest BCUT2D eigenvalue weighted by Gasteiger charge is -2.09. The van der Waals surface area contributed by atoms with Crippen molar-refractivity contribution in [2.24, 2.45) is 22.9 Å². The SMILES string of the molecule is CO/N=C(\c1ccc(Cl)c(Cl)c1)C1C2CNCC21. The van der Waals surface area contributed by atoms with Crippen molar-refractivity contribution in [1.29, 1.82) is 0 Å². The summed E-state index contributed by atoms with van der Waals surface area (Å²) in [5.41, 5.74) is 2.00. The molecule has 1 saturated carbocycles. The molecule has 1 aliphatic heterocycles. The van der Waals surface area contributed by atoms with Gasteiger partial charge in [0.15, 0.2) is 0 Å². The Kier molecular flexibility index (Phi) is 3.22. The summed E-state index contributed by atoms with van der Waals surface area (Å²) in [5, 5.41) is 8.70. The van der Waals surface area contributed by atoms with Crippen molar-refractivity contribution in [2.75, 3.05) is 20.2 Å². The summed E-state index contributed by atoms with van der Waals surface area (Å²) in [5.74, 6) is 1.87. The predicted molar refractivity (Wildman–Crippen MR) is 73.3 cm³/mol. The summed E-state index contributed by atoms with van der Waals surface area (Å²) in [6.07, 6.45) is 0. The highest BCUT2D eigenvalue weighted by molar-refractivity contribution is 6.42. The fourth-order valence-corrected chi connectivity index (χ4v) is 3.18. The van der Waals surface area contributed by atoms with E-state index in [1.54, 1.807) is 13.2 Å². The van der Waals surface area contributed by atoms with Crippen LogP contribution in [0.2, 0.25) is 10.0 Å². The number of hydrogen-bond acceptors (Lipinski definition) is 3. The molecule has 0 radical (unpaired) electrons. The van der Waals surface area contributed by atoms with E-state index in [-0.39, 0.29) is 0 Å². The van der Waals surface area contributed by atoms with Crippen molar-refractivity contribution in [3.05, 3.63) is 33.8 Å². The van der Waals surface area contributed by atoms with Gasteiger partial charge in [-0.25, -0.2) is 0 Å². The Morgan fingerprint density at radius 1 is 1.28 bits per heavy atom. The molecule has 0 spiro atoms. The van der Waals surface area contributed by atoms with E-state index in [4.69, 9.17) is 28.0 Å². The largest absolute Gasteiger partial charge is 0.399 e. The van der Waals surface area contributed by atoms with Crippen molar-refractivity contribution in [3.8, 4) is 0 Å². The molecule has 1 aliphatic carbocycles. The van der Waals surface area contributed by atoms with E-state index >= 15 is 0 Å². The van der Waals surface area contributed by atoms with Crippen LogP contribution in [0.3, 0.4) is 0 Å². The van der Waals surface area contributed by atoms with E-state index in [0.29, 0.717) is 27.8 Å². The number of hydrogen-bond donors (Lipinski definition) is 1. The number of benzene rings is 1. The van der Waals surface area contributed by atoms with Gasteiger partial charge in [-0.2, -0.15) is 0 Å². The standard InChI is InChI=1S/C13H14Cl2N2O/c1-18-17-13(12-8-5-16-6-9(8)12)7-2-3-10(14)11(15)4-7/h2-4,8-9,12,16H,5-6H2,1H3/b17-13+. The Hall–Kier alpha value is -0.770. The molecule has 3 nitrogen and oxygen atoms in total. The second-order valence-electron chi connectivity index (χ2n) is 4.80. The van der Waals surface area contributed by atoms with Crippen molar-refractivity contribution < 1.29 is 4.84 Å². The van der Waals surface area contributed by atoms with Crippen LogP contribution in [-0.2, 0) is 4.84 Å². The highest BCUT2D eigenvalue weighted by Crippen LogP contribution is 2.50. The van der Waals surface area contributed by atoms with Crippen LogP contribution in [0.5, 0.6) is 0 Å². The molecule has 1 aromatic rings. The van der Waals surface area contributed by atoms with Crippen LogP contribution in [0.25, 0.3) is 0 Å². The monoisotopic (exact) mass is 284 g/mol. The Morgan fingerprint density at radius 3 is 2.61 bits per heavy atom. The maximum absolute atomic E-state index is 6.06. The third-order valence-corrected chi connectivity index (χ3v) is 4.55. The Labute approximate surface area is 116 Å². The van der Waals surface area contributed by atoms with Gasteiger partial charge in [-0.05, 0) is 37.1 Å². The molecule has 1 N–H and O–H groups in total. The maximum Gasteiger partial charge on any atom is 0.106 e. The molecule has 3 rings (SSSR count). The van der Waals surface area contributed by atoms with Gasteiger partial charge in [-0.15, -0.1) is 0 Å². The molecule has 2 fully saturated rings. The number of piperidine rings is 1. The van der Waals surface area contributed by atoms with Gasteiger partial charge in [0.2, 0.25) is 0 Å². The van der Waals surface area contributed by atoms with Crippen LogP contribution in [0.4, 0.5) is 0 Å². The van der Waals surface area contributed by atoms with Gasteiger partial charge >= 0.3 is 0 Å². The number of fused-ring (bicyclic) bond motifs is 1. The molecule has 5 heteroatoms. The van der Waals surface area contributed by atoms with E-state index in [2.05, 4.69) is 10.5 Å². The highest BCUT2D eigenvalue weighted by atomic mass is 35.5. The summed E-state index contributed by atoms with van der Waals surface area (Å²) >= 11 is 12.0. The lowest BCUT2D eigenvalue weighted by atomic mass is 10.0. The van der Waals surface area contributed by atoms with Crippen LogP contribution in [0.1, 0.15) is 5.56 Å². The first-order valence-corrected chi connectivity index (χ1v) is 6.75. The van der Waals surface area contributed by atoms with Crippen molar-refractivity contribution in [1.82, 2.24) is 5.32 Å². The van der Waals surface area contributed by atoms with E-state index in [9.17, 15) is 0 Å². The maximum atomic E-state index is 6.06. The van der Waals surface area contributed by atoms with Gasteiger partial charge in [0.05, 0.1) is 15.8 Å². The smallest absolute Gasteiger partial charge is 0.106 e. The van der Waals surface area contributed by atoms with Gasteiger partial charge in [0, 0.05) is 11.5 Å². The van der Waals surface area contributed by atoms with Crippen LogP contribution in [0, 0.1) is 17.8 Å². The molecular weight excluding hydrogens is 271 g/mol. The van der Waals surface area contributed by atoms with Crippen LogP contribution in [-0.4, -0.2) is 25.9 Å². The van der Waals surface area contributed by atoms with Crippen LogP contribution < -0.4 is 5.32 Å². The predicted octanol–water partition coefficient (Wildman–Crippen LogP) is 2.81. The van der Waals surface area contributed by atoms with E-state index in [1.807, 2.05) is 12.1 Å². The second-order valence-corrected chi connectivity index (χ2v) is 5.61. The minimum Gasteiger partial charge on any atom is -0.399 e. The van der Waals surface area contributed by atoms with Crippen LogP contribution in [0.15, 0.2) is 23.4 Å². The lowest BCUT2D eigenvalue weighted by Crippen LogP contribution is -2.19. The van der Waals surface area contributed by atoms with Gasteiger partial charge < -0.3 is 10.2 Å². The first kappa shape index (κ1) is 12.3. The molecule has 0 bridgehead atoms. The van der Waals surface area contributed by atoms with Gasteiger partial charge in [0.25, 0.3) is 0 Å². The number of rotatable bonds is 3. The van der Waals surface area contributed by atoms with Gasteiger partial charge in [0.1, 0.15) is 7.11 Å². The lowest BCUT2D eigenvalue weighted by molar-refractivity contribution is 0.212. The average molecular weight is 285 g/mol. The zero-order chi connectivity index (χ0) is 12.7. The molecule has 2 aliphatic rings. The normalized spacial score (nSPS) is 30.2. The fourth-order valence-electron chi connectivity index (χ4n) is 2.88. The molecule has 0 aromatic heterocycles. The minimum atomic E-state index is 0.489. The zero-order valence-electron chi connectivity index (χ0n) is 9.99. The quantitative estimate of drug-likeness (QED) is 0.684. The van der Waals surface area contributed by atoms with Crippen LogP contribution >= 0.6 is 23.2 Å². The molecule has 1 saturated heterocycles. The number of halogens is 2. The minimum absolute atomic E-state index is 0.489. The van der Waals surface area contributed by atoms with E-state index in [0.717, 1.165) is 24.4 Å². The molecule has 18 heavy (non-hydrogen) atoms. The number of nitrogens with zero attached hydrogens (tertiary/aromatic N) is 1. The van der Waals surface area contributed by atoms with Gasteiger partial charge in [-0.3, -0.25) is 0 Å². The zero-order valence-corrected chi connectivity index (χ0v) is 11.5. The third-order valence-electron chi connectivity index (χ3n) is 3.81. The average Bonchev–Trinajstić information content (AvgIpc) is 2.82. The van der Waals surface area contributed by atoms with Gasteiger partial charge in [-0.1, -0.05) is 34.4 Å². The number of oxime groups is 1. The number of nitrogens with one attached hydrogen (secondary N) is 1. The molecule has 1 heterocycles. The first-order valence-electron chi connectivity index (χ1n) is 5.99. The van der Waals surface area contributed by atoms with Crippen molar-refractivity contribution in [2.45, 2.75) is 0 Å². The Morgan fingerprint density at radius 2 is 2.00 bits per heavy atom. The topological polar surface area (TPSA) is 33.6 Å². The van der Waals surface area contributed by atoms with Crippen molar-refractivity contribution in [3.63, 3.8) is 0 Å². The molecule has 2 atom stereocenters. The van der Waals surface area contributed by atoms with Crippen molar-refractivity contribution >= 4 is 28.9 Å². The molecule has 0 amide bonds. The Balaban J connectivity index is 1.90. The molecule has 2 unspecified atom stereocenters. The molecular formula is C13H14Cl2N2O. The summed E-state index contributed by atoms with van der Waals surface area (Å²) in [7, 11) is 1.58. The summed E-state index contributed by atoms with van der Waals surface area (Å²) in [6, 6.07) is 5.62. The summed E-state index contributed by atoms with van der Waals surface area (Å²) < 4.78 is 0. The van der Waals surface area contributed by atoms with E-state index < -0.39 is 0 Å². The first-order chi connectivity index (χ1) is 8.72. The summed E-state index contributed by atoms with van der Waals surface area (Å²) in [6.45, 7) is 2.14.